The van der Waals surface area contributed by atoms with E-state index in [0.29, 0.717) is 11.0 Å². The van der Waals surface area contributed by atoms with Crippen molar-refractivity contribution in [2.75, 3.05) is 20.0 Å². The van der Waals surface area contributed by atoms with Crippen LogP contribution in [0.1, 0.15) is 6.04 Å². The lowest BCUT2D eigenvalue weighted by atomic mass is 10.2. The Kier molecular flexibility index (Phi) is 7.35. The van der Waals surface area contributed by atoms with Gasteiger partial charge in [-0.1, -0.05) is 66.7 Å². The first-order valence-electron chi connectivity index (χ1n) is 12.4. The first-order chi connectivity index (χ1) is 19.0. The van der Waals surface area contributed by atoms with Gasteiger partial charge < -0.3 is 20.3 Å². The van der Waals surface area contributed by atoms with Gasteiger partial charge in [0.25, 0.3) is 0 Å². The van der Waals surface area contributed by atoms with Crippen molar-refractivity contribution in [3.05, 3.63) is 127 Å². The van der Waals surface area contributed by atoms with Gasteiger partial charge in [-0.2, -0.15) is 0 Å². The highest BCUT2D eigenvalue weighted by atomic mass is 31.2. The van der Waals surface area contributed by atoms with E-state index in [9.17, 15) is 9.90 Å². The molecule has 0 spiro atoms. The molecule has 39 heavy (non-hydrogen) atoms. The largest absolute Gasteiger partial charge is 0.614 e. The zero-order valence-electron chi connectivity index (χ0n) is 21.6. The van der Waals surface area contributed by atoms with Gasteiger partial charge >= 0.3 is 5.97 Å². The van der Waals surface area contributed by atoms with Crippen LogP contribution in [0, 0.1) is 0 Å². The summed E-state index contributed by atoms with van der Waals surface area (Å²) in [6.45, 7) is 0. The fourth-order valence-electron chi connectivity index (χ4n) is 5.14. The Morgan fingerprint density at radius 3 is 1.69 bits per heavy atom. The number of hydrogen-bond donors (Lipinski definition) is 1. The summed E-state index contributed by atoms with van der Waals surface area (Å²) in [6.07, 6.45) is 0. The summed E-state index contributed by atoms with van der Waals surface area (Å²) in [5.41, 5.74) is 7.67. The van der Waals surface area contributed by atoms with Crippen LogP contribution in [-0.2, 0) is 14.3 Å². The van der Waals surface area contributed by atoms with Crippen LogP contribution in [0.5, 0.6) is 0 Å². The van der Waals surface area contributed by atoms with E-state index in [1.54, 1.807) is 4.57 Å². The molecule has 0 fully saturated rings. The Morgan fingerprint density at radius 1 is 0.769 bits per heavy atom. The Hall–Kier alpha value is -4.61. The third-order valence-electron chi connectivity index (χ3n) is 6.75. The number of anilines is 1. The Labute approximate surface area is 227 Å². The molecule has 0 saturated carbocycles. The average Bonchev–Trinajstić information content (AvgIpc) is 3.33. The maximum atomic E-state index is 14.2. The van der Waals surface area contributed by atoms with E-state index in [4.69, 9.17) is 15.2 Å². The third-order valence-corrected chi connectivity index (χ3v) is 11.1. The lowest BCUT2D eigenvalue weighted by molar-refractivity contribution is -0.354. The molecule has 7 nitrogen and oxygen atoms in total. The van der Waals surface area contributed by atoms with Crippen molar-refractivity contribution in [1.29, 1.82) is 0 Å². The molecule has 0 radical (unpaired) electrons. The predicted molar refractivity (Wildman–Crippen MR) is 154 cm³/mol. The number of hydrogen-bond acceptors (Lipinski definition) is 6. The van der Waals surface area contributed by atoms with E-state index >= 15 is 0 Å². The molecule has 0 aliphatic carbocycles. The SMILES string of the molecule is COC(=O)C(/C(=C(\[O-])OC)[P+](c1ccccc1)(c1ccccc1)c1ccccc1)n1c(N)nc2ccccc21. The van der Waals surface area contributed by atoms with E-state index in [1.165, 1.54) is 14.2 Å². The van der Waals surface area contributed by atoms with Gasteiger partial charge in [0.15, 0.2) is 6.04 Å². The molecule has 1 unspecified atom stereocenters. The van der Waals surface area contributed by atoms with Crippen LogP contribution in [0.4, 0.5) is 5.95 Å². The number of rotatable bonds is 8. The van der Waals surface area contributed by atoms with Crippen LogP contribution in [0.25, 0.3) is 11.0 Å². The summed E-state index contributed by atoms with van der Waals surface area (Å²) in [4.78, 5) is 18.4. The fourth-order valence-corrected chi connectivity index (χ4v) is 9.68. The molecule has 4 aromatic carbocycles. The second kappa shape index (κ2) is 11.0. The summed E-state index contributed by atoms with van der Waals surface area (Å²) in [7, 11) is -0.441. The number of para-hydroxylation sites is 2. The monoisotopic (exact) mass is 537 g/mol. The molecule has 8 heteroatoms. The number of ether oxygens (including phenoxy) is 2. The van der Waals surface area contributed by atoms with Gasteiger partial charge in [-0.25, -0.2) is 9.78 Å². The molecule has 5 aromatic rings. The second-order valence-electron chi connectivity index (χ2n) is 8.81. The Morgan fingerprint density at radius 2 is 1.23 bits per heavy atom. The van der Waals surface area contributed by atoms with Crippen LogP contribution >= 0.6 is 7.26 Å². The van der Waals surface area contributed by atoms with Gasteiger partial charge in [0, 0.05) is 0 Å². The van der Waals surface area contributed by atoms with Crippen LogP contribution in [0.3, 0.4) is 0 Å². The van der Waals surface area contributed by atoms with Gasteiger partial charge in [-0.3, -0.25) is 4.57 Å². The van der Waals surface area contributed by atoms with E-state index in [2.05, 4.69) is 4.98 Å². The maximum Gasteiger partial charge on any atom is 0.337 e. The van der Waals surface area contributed by atoms with Crippen molar-refractivity contribution in [3.63, 3.8) is 0 Å². The zero-order valence-corrected chi connectivity index (χ0v) is 22.5. The van der Waals surface area contributed by atoms with Crippen LogP contribution in [0.15, 0.2) is 127 Å². The van der Waals surface area contributed by atoms with Crippen molar-refractivity contribution >= 4 is 46.1 Å². The lowest BCUT2D eigenvalue weighted by Crippen LogP contribution is -2.39. The normalized spacial score (nSPS) is 13.0. The highest BCUT2D eigenvalue weighted by molar-refractivity contribution is 7.99. The highest BCUT2D eigenvalue weighted by Gasteiger charge is 2.56. The molecule has 2 N–H and O–H groups in total. The number of nitrogen functional groups attached to an aromatic ring is 1. The van der Waals surface area contributed by atoms with Crippen molar-refractivity contribution in [3.8, 4) is 0 Å². The summed E-state index contributed by atoms with van der Waals surface area (Å²) >= 11 is 0. The molecule has 5 rings (SSSR count). The third kappa shape index (κ3) is 4.41. The van der Waals surface area contributed by atoms with E-state index in [0.717, 1.165) is 15.9 Å². The summed E-state index contributed by atoms with van der Waals surface area (Å²) in [6, 6.07) is 35.3. The van der Waals surface area contributed by atoms with E-state index < -0.39 is 25.2 Å². The van der Waals surface area contributed by atoms with Gasteiger partial charge in [0.2, 0.25) is 5.95 Å². The van der Waals surface area contributed by atoms with Crippen molar-refractivity contribution in [1.82, 2.24) is 9.55 Å². The zero-order chi connectivity index (χ0) is 27.4. The smallest absolute Gasteiger partial charge is 0.337 e. The topological polar surface area (TPSA) is 102 Å². The number of methoxy groups -OCH3 is 2. The molecule has 0 bridgehead atoms. The van der Waals surface area contributed by atoms with Gasteiger partial charge in [-0.05, 0) is 55.6 Å². The van der Waals surface area contributed by atoms with Crippen LogP contribution in [-0.4, -0.2) is 29.7 Å². The number of nitrogens with zero attached hydrogens (tertiary/aromatic N) is 2. The first kappa shape index (κ1) is 26.0. The summed E-state index contributed by atoms with van der Waals surface area (Å²) < 4.78 is 12.4. The number of carbonyl (C=O) groups is 1. The first-order valence-corrected chi connectivity index (χ1v) is 14.1. The highest BCUT2D eigenvalue weighted by Crippen LogP contribution is 2.66. The van der Waals surface area contributed by atoms with Gasteiger partial charge in [-0.15, -0.1) is 0 Å². The number of benzene rings is 4. The molecule has 0 amide bonds. The van der Waals surface area contributed by atoms with Crippen molar-refractivity contribution in [2.45, 2.75) is 6.04 Å². The fraction of sp³-hybridized carbons (Fsp3) is 0.0968. The number of carbonyl (C=O) groups excluding carboxylic acids is 1. The van der Waals surface area contributed by atoms with Crippen molar-refractivity contribution in [2.24, 2.45) is 0 Å². The summed E-state index contributed by atoms with van der Waals surface area (Å²) in [5, 5.41) is 17.0. The van der Waals surface area contributed by atoms with Crippen molar-refractivity contribution < 1.29 is 19.4 Å². The minimum Gasteiger partial charge on any atom is -0.614 e. The minimum atomic E-state index is -3.06. The van der Waals surface area contributed by atoms with E-state index in [-0.39, 0.29) is 11.3 Å². The quantitative estimate of drug-likeness (QED) is 0.185. The van der Waals surface area contributed by atoms with Gasteiger partial charge in [0.05, 0.1) is 24.1 Å². The van der Waals surface area contributed by atoms with Gasteiger partial charge in [0.1, 0.15) is 28.5 Å². The predicted octanol–water partition coefficient (Wildman–Crippen LogP) is 3.50. The van der Waals surface area contributed by atoms with Crippen LogP contribution in [0.2, 0.25) is 0 Å². The van der Waals surface area contributed by atoms with E-state index in [1.807, 2.05) is 115 Å². The second-order valence-corrected chi connectivity index (χ2v) is 12.2. The number of fused-ring (bicyclic) bond motifs is 1. The number of esters is 1. The minimum absolute atomic E-state index is 0.0836. The standard InChI is InChI=1S/C31H28N3O4P/c1-37-29(35)27(34-26-21-13-12-20-25(26)33-31(34)32)28(30(36)38-2)39(22-14-6-3-7-15-22,23-16-8-4-9-17-23)24-18-10-5-11-19-24/h3-21,27H,1-2H3,(H2-,32,33,36)/b30-28-. The molecular weight excluding hydrogens is 509 g/mol. The average molecular weight is 538 g/mol. The molecule has 0 aliphatic rings. The molecule has 1 aromatic heterocycles. The number of nitrogens with two attached hydrogens (primary N) is 1. The maximum absolute atomic E-state index is 14.2. The lowest BCUT2D eigenvalue weighted by Gasteiger charge is -2.35. The molecular formula is C31H28N3O4P. The van der Waals surface area contributed by atoms with Crippen LogP contribution < -0.4 is 26.8 Å². The molecule has 1 atom stereocenters. The number of imidazole rings is 1. The Bertz CT molecular complexity index is 1520. The number of aromatic nitrogens is 2. The summed E-state index contributed by atoms with van der Waals surface area (Å²) in [5.74, 6) is -1.20. The molecule has 0 saturated heterocycles. The molecule has 0 aliphatic heterocycles. The molecule has 196 valence electrons. The Balaban J connectivity index is 1.99. The molecule has 1 heterocycles.